The van der Waals surface area contributed by atoms with Crippen molar-refractivity contribution in [3.8, 4) is 5.75 Å². The van der Waals surface area contributed by atoms with Gasteiger partial charge in [-0.05, 0) is 49.6 Å². The minimum atomic E-state index is -0.170. The lowest BCUT2D eigenvalue weighted by atomic mass is 10.0. The maximum Gasteiger partial charge on any atom is 0.138 e. The molecule has 0 aliphatic carbocycles. The first-order valence-electron chi connectivity index (χ1n) is 7.28. The molecule has 2 atom stereocenters. The molecule has 3 heteroatoms. The van der Waals surface area contributed by atoms with E-state index in [1.165, 1.54) is 5.56 Å². The molecule has 0 saturated carbocycles. The number of aryl methyl sites for hydroxylation is 2. The predicted octanol–water partition coefficient (Wildman–Crippen LogP) is 4.68. The van der Waals surface area contributed by atoms with Gasteiger partial charge in [-0.1, -0.05) is 48.4 Å². The number of rotatable bonds is 5. The number of nitrogens with two attached hydrogens (primary N) is 1. The highest BCUT2D eigenvalue weighted by molar-refractivity contribution is 6.31. The van der Waals surface area contributed by atoms with Gasteiger partial charge in [-0.25, -0.2) is 0 Å². The molecule has 2 rings (SSSR count). The fraction of sp³-hybridized carbons (Fsp3) is 0.333. The molecule has 2 unspecified atom stereocenters. The molecule has 2 nitrogen and oxygen atoms in total. The van der Waals surface area contributed by atoms with E-state index in [9.17, 15) is 0 Å². The van der Waals surface area contributed by atoms with Crippen molar-refractivity contribution >= 4 is 11.6 Å². The summed E-state index contributed by atoms with van der Waals surface area (Å²) >= 11 is 6.15. The lowest BCUT2D eigenvalue weighted by Crippen LogP contribution is -2.29. The molecule has 0 heterocycles. The Labute approximate surface area is 131 Å². The topological polar surface area (TPSA) is 35.2 Å². The van der Waals surface area contributed by atoms with E-state index in [-0.39, 0.29) is 12.1 Å². The normalized spacial score (nSPS) is 13.8. The quantitative estimate of drug-likeness (QED) is 0.870. The van der Waals surface area contributed by atoms with Crippen molar-refractivity contribution in [2.75, 3.05) is 0 Å². The third kappa shape index (κ3) is 3.99. The van der Waals surface area contributed by atoms with Crippen molar-refractivity contribution in [1.29, 1.82) is 0 Å². The summed E-state index contributed by atoms with van der Waals surface area (Å²) in [5, 5.41) is 0.775. The molecular weight excluding hydrogens is 282 g/mol. The Morgan fingerprint density at radius 2 is 1.81 bits per heavy atom. The van der Waals surface area contributed by atoms with Crippen molar-refractivity contribution in [2.24, 2.45) is 5.73 Å². The van der Waals surface area contributed by atoms with E-state index in [1.807, 2.05) is 25.1 Å². The molecule has 21 heavy (non-hydrogen) atoms. The van der Waals surface area contributed by atoms with E-state index >= 15 is 0 Å². The summed E-state index contributed by atoms with van der Waals surface area (Å²) in [7, 11) is 0. The number of benzene rings is 2. The van der Waals surface area contributed by atoms with Gasteiger partial charge in [0.1, 0.15) is 11.9 Å². The van der Waals surface area contributed by atoms with Crippen LogP contribution in [0.3, 0.4) is 0 Å². The van der Waals surface area contributed by atoms with Crippen LogP contribution in [0, 0.1) is 6.92 Å². The molecular formula is C18H22ClNO. The van der Waals surface area contributed by atoms with Gasteiger partial charge >= 0.3 is 0 Å². The predicted molar refractivity (Wildman–Crippen MR) is 89.0 cm³/mol. The van der Waals surface area contributed by atoms with E-state index in [1.54, 1.807) is 0 Å². The summed E-state index contributed by atoms with van der Waals surface area (Å²) in [5.74, 6) is 0.805. The van der Waals surface area contributed by atoms with Gasteiger partial charge in [-0.3, -0.25) is 0 Å². The summed E-state index contributed by atoms with van der Waals surface area (Å²) in [4.78, 5) is 0. The second-order valence-corrected chi connectivity index (χ2v) is 5.82. The van der Waals surface area contributed by atoms with Crippen LogP contribution in [0.5, 0.6) is 5.75 Å². The molecule has 0 aliphatic rings. The lowest BCUT2D eigenvalue weighted by molar-refractivity contribution is 0.180. The Balaban J connectivity index is 2.26. The van der Waals surface area contributed by atoms with Crippen LogP contribution in [0.2, 0.25) is 5.02 Å². The summed E-state index contributed by atoms with van der Waals surface area (Å²) in [6, 6.07) is 14.0. The summed E-state index contributed by atoms with van der Waals surface area (Å²) in [5.41, 5.74) is 9.50. The van der Waals surface area contributed by atoms with E-state index in [4.69, 9.17) is 22.1 Å². The highest BCUT2D eigenvalue weighted by Crippen LogP contribution is 2.28. The second kappa shape index (κ2) is 6.97. The third-order valence-electron chi connectivity index (χ3n) is 3.54. The molecule has 2 aromatic rings. The van der Waals surface area contributed by atoms with E-state index < -0.39 is 0 Å². The Bertz CT molecular complexity index is 593. The first kappa shape index (κ1) is 15.9. The van der Waals surface area contributed by atoms with Crippen molar-refractivity contribution in [2.45, 2.75) is 39.3 Å². The third-order valence-corrected chi connectivity index (χ3v) is 3.91. The van der Waals surface area contributed by atoms with Crippen LogP contribution in [-0.2, 0) is 6.42 Å². The Kier molecular flexibility index (Phi) is 5.27. The van der Waals surface area contributed by atoms with Gasteiger partial charge in [-0.2, -0.15) is 0 Å². The van der Waals surface area contributed by atoms with Gasteiger partial charge in [0.05, 0.1) is 0 Å². The van der Waals surface area contributed by atoms with Crippen LogP contribution in [0.1, 0.15) is 36.6 Å². The van der Waals surface area contributed by atoms with Gasteiger partial charge in [0.15, 0.2) is 0 Å². The molecule has 0 spiro atoms. The van der Waals surface area contributed by atoms with Crippen LogP contribution < -0.4 is 10.5 Å². The molecule has 2 N–H and O–H groups in total. The molecule has 2 aromatic carbocycles. The fourth-order valence-corrected chi connectivity index (χ4v) is 2.53. The average Bonchev–Trinajstić information content (AvgIpc) is 2.47. The highest BCUT2D eigenvalue weighted by Gasteiger charge is 2.18. The van der Waals surface area contributed by atoms with Crippen LogP contribution in [-0.4, -0.2) is 6.04 Å². The monoisotopic (exact) mass is 303 g/mol. The zero-order valence-corrected chi connectivity index (χ0v) is 13.5. The first-order chi connectivity index (χ1) is 10.0. The Morgan fingerprint density at radius 3 is 2.38 bits per heavy atom. The molecule has 112 valence electrons. The van der Waals surface area contributed by atoms with E-state index in [2.05, 4.69) is 38.1 Å². The number of halogens is 1. The van der Waals surface area contributed by atoms with Crippen LogP contribution in [0.4, 0.5) is 0 Å². The van der Waals surface area contributed by atoms with Gasteiger partial charge in [0.25, 0.3) is 0 Å². The minimum Gasteiger partial charge on any atom is -0.484 e. The summed E-state index contributed by atoms with van der Waals surface area (Å²) < 4.78 is 6.12. The lowest BCUT2D eigenvalue weighted by Gasteiger charge is -2.23. The smallest absolute Gasteiger partial charge is 0.138 e. The maximum absolute atomic E-state index is 6.15. The highest BCUT2D eigenvalue weighted by atomic mass is 35.5. The van der Waals surface area contributed by atoms with Crippen molar-refractivity contribution in [1.82, 2.24) is 0 Å². The minimum absolute atomic E-state index is 0.103. The molecule has 0 saturated heterocycles. The standard InChI is InChI=1S/C18H22ClNO/c1-4-14-11-16(9-10-17(14)19)21-18(13(3)20)15-7-5-12(2)6-8-15/h5-11,13,18H,4,20H2,1-3H3. The van der Waals surface area contributed by atoms with Crippen LogP contribution in [0.25, 0.3) is 0 Å². The van der Waals surface area contributed by atoms with Crippen LogP contribution >= 0.6 is 11.6 Å². The van der Waals surface area contributed by atoms with E-state index in [0.29, 0.717) is 0 Å². The second-order valence-electron chi connectivity index (χ2n) is 5.42. The van der Waals surface area contributed by atoms with Crippen LogP contribution in [0.15, 0.2) is 42.5 Å². The zero-order valence-electron chi connectivity index (χ0n) is 12.8. The maximum atomic E-state index is 6.15. The van der Waals surface area contributed by atoms with E-state index in [0.717, 1.165) is 28.3 Å². The molecule has 0 fully saturated rings. The Morgan fingerprint density at radius 1 is 1.14 bits per heavy atom. The molecule has 0 aromatic heterocycles. The number of hydrogen-bond acceptors (Lipinski definition) is 2. The average molecular weight is 304 g/mol. The molecule has 0 bridgehead atoms. The van der Waals surface area contributed by atoms with Crippen molar-refractivity contribution in [3.63, 3.8) is 0 Å². The first-order valence-corrected chi connectivity index (χ1v) is 7.66. The summed E-state index contributed by atoms with van der Waals surface area (Å²) in [6.45, 7) is 6.10. The van der Waals surface area contributed by atoms with Gasteiger partial charge in [-0.15, -0.1) is 0 Å². The molecule has 0 aliphatic heterocycles. The fourth-order valence-electron chi connectivity index (χ4n) is 2.28. The van der Waals surface area contributed by atoms with Gasteiger partial charge in [0.2, 0.25) is 0 Å². The molecule has 0 amide bonds. The number of hydrogen-bond donors (Lipinski definition) is 1. The van der Waals surface area contributed by atoms with Gasteiger partial charge < -0.3 is 10.5 Å². The van der Waals surface area contributed by atoms with Crippen molar-refractivity contribution in [3.05, 3.63) is 64.2 Å². The van der Waals surface area contributed by atoms with Crippen molar-refractivity contribution < 1.29 is 4.74 Å². The summed E-state index contributed by atoms with van der Waals surface area (Å²) in [6.07, 6.45) is 0.708. The van der Waals surface area contributed by atoms with Gasteiger partial charge in [0, 0.05) is 11.1 Å². The Hall–Kier alpha value is -1.51. The number of ether oxygens (including phenoxy) is 1. The largest absolute Gasteiger partial charge is 0.484 e. The SMILES string of the molecule is CCc1cc(OC(c2ccc(C)cc2)C(C)N)ccc1Cl. The zero-order chi connectivity index (χ0) is 15.4. The molecule has 0 radical (unpaired) electrons.